The Morgan fingerprint density at radius 1 is 1.25 bits per heavy atom. The number of amides is 1. The van der Waals surface area contributed by atoms with Crippen LogP contribution in [0.15, 0.2) is 18.2 Å². The maximum Gasteiger partial charge on any atom is 0.255 e. The second-order valence-electron chi connectivity index (χ2n) is 5.51. The highest BCUT2D eigenvalue weighted by molar-refractivity contribution is 6.43. The maximum atomic E-state index is 12.7. The number of halogens is 2. The minimum Gasteiger partial charge on any atom is -0.334 e. The van der Waals surface area contributed by atoms with Gasteiger partial charge >= 0.3 is 0 Å². The smallest absolute Gasteiger partial charge is 0.255 e. The van der Waals surface area contributed by atoms with Gasteiger partial charge in [0.2, 0.25) is 0 Å². The number of nitrogens with one attached hydrogen (secondary N) is 1. The van der Waals surface area contributed by atoms with Crippen LogP contribution in [0.4, 0.5) is 0 Å². The Bertz CT molecular complexity index is 515. The molecular weight excluding hydrogens is 295 g/mol. The van der Waals surface area contributed by atoms with Crippen molar-refractivity contribution in [1.82, 2.24) is 10.2 Å². The van der Waals surface area contributed by atoms with Crippen LogP contribution in [-0.2, 0) is 0 Å². The second-order valence-corrected chi connectivity index (χ2v) is 6.30. The van der Waals surface area contributed by atoms with E-state index in [0.717, 1.165) is 32.4 Å². The van der Waals surface area contributed by atoms with Gasteiger partial charge in [0.25, 0.3) is 5.91 Å². The average molecular weight is 313 g/mol. The third kappa shape index (κ3) is 2.54. The molecule has 1 amide bonds. The zero-order chi connectivity index (χ0) is 14.1. The van der Waals surface area contributed by atoms with E-state index in [4.69, 9.17) is 23.2 Å². The van der Waals surface area contributed by atoms with Crippen molar-refractivity contribution in [3.05, 3.63) is 33.8 Å². The molecule has 0 spiro atoms. The van der Waals surface area contributed by atoms with Crippen molar-refractivity contribution in [1.29, 1.82) is 0 Å². The quantitative estimate of drug-likeness (QED) is 0.908. The van der Waals surface area contributed by atoms with Gasteiger partial charge in [-0.05, 0) is 44.4 Å². The first-order valence-electron chi connectivity index (χ1n) is 7.17. The number of hydrogen-bond donors (Lipinski definition) is 1. The number of likely N-dealkylation sites (tertiary alicyclic amines) is 1. The summed E-state index contributed by atoms with van der Waals surface area (Å²) in [7, 11) is 0. The molecule has 5 heteroatoms. The van der Waals surface area contributed by atoms with Crippen LogP contribution >= 0.6 is 23.2 Å². The van der Waals surface area contributed by atoms with Crippen LogP contribution in [0.5, 0.6) is 0 Å². The summed E-state index contributed by atoms with van der Waals surface area (Å²) in [5.41, 5.74) is 0.518. The Labute approximate surface area is 129 Å². The van der Waals surface area contributed by atoms with Crippen LogP contribution in [0.3, 0.4) is 0 Å². The third-order valence-electron chi connectivity index (χ3n) is 4.30. The molecule has 0 aromatic heterocycles. The van der Waals surface area contributed by atoms with Gasteiger partial charge in [-0.1, -0.05) is 29.3 Å². The highest BCUT2D eigenvalue weighted by Crippen LogP contribution is 2.31. The molecule has 2 aliphatic heterocycles. The van der Waals surface area contributed by atoms with Crippen molar-refractivity contribution >= 4 is 29.1 Å². The standard InChI is InChI=1S/C15H18Cl2N2O/c16-11-5-1-4-10(14(11)17)15(20)19-9-3-7-13(19)12-6-2-8-18-12/h1,4-5,12-13,18H,2-3,6-9H2. The first kappa shape index (κ1) is 14.2. The number of benzene rings is 1. The molecule has 2 atom stereocenters. The zero-order valence-corrected chi connectivity index (χ0v) is 12.8. The fourth-order valence-electron chi connectivity index (χ4n) is 3.33. The van der Waals surface area contributed by atoms with E-state index in [0.29, 0.717) is 27.7 Å². The summed E-state index contributed by atoms with van der Waals surface area (Å²) >= 11 is 12.2. The monoisotopic (exact) mass is 312 g/mol. The summed E-state index contributed by atoms with van der Waals surface area (Å²) in [6.07, 6.45) is 4.48. The highest BCUT2D eigenvalue weighted by atomic mass is 35.5. The normalized spacial score (nSPS) is 26.2. The number of rotatable bonds is 2. The van der Waals surface area contributed by atoms with E-state index >= 15 is 0 Å². The average Bonchev–Trinajstić information content (AvgIpc) is 3.10. The predicted octanol–water partition coefficient (Wildman–Crippen LogP) is 3.35. The summed E-state index contributed by atoms with van der Waals surface area (Å²) in [5.74, 6) is 0.00806. The molecule has 20 heavy (non-hydrogen) atoms. The first-order valence-corrected chi connectivity index (χ1v) is 7.92. The molecule has 1 aromatic carbocycles. The number of nitrogens with zero attached hydrogens (tertiary/aromatic N) is 1. The molecule has 2 unspecified atom stereocenters. The summed E-state index contributed by atoms with van der Waals surface area (Å²) in [4.78, 5) is 14.7. The number of carbonyl (C=O) groups is 1. The molecule has 2 aliphatic rings. The molecule has 1 aromatic rings. The lowest BCUT2D eigenvalue weighted by Gasteiger charge is -2.30. The lowest BCUT2D eigenvalue weighted by atomic mass is 10.0. The lowest BCUT2D eigenvalue weighted by molar-refractivity contribution is 0.0711. The van der Waals surface area contributed by atoms with Gasteiger partial charge in [0, 0.05) is 18.6 Å². The Balaban J connectivity index is 1.83. The fourth-order valence-corrected chi connectivity index (χ4v) is 3.71. The molecule has 3 nitrogen and oxygen atoms in total. The molecule has 0 radical (unpaired) electrons. The predicted molar refractivity (Wildman–Crippen MR) is 81.5 cm³/mol. The minimum absolute atomic E-state index is 0.00806. The third-order valence-corrected chi connectivity index (χ3v) is 5.12. The van der Waals surface area contributed by atoms with Crippen LogP contribution in [0.25, 0.3) is 0 Å². The van der Waals surface area contributed by atoms with Crippen molar-refractivity contribution in [3.63, 3.8) is 0 Å². The van der Waals surface area contributed by atoms with E-state index in [1.807, 2.05) is 4.90 Å². The fraction of sp³-hybridized carbons (Fsp3) is 0.533. The molecule has 2 heterocycles. The summed E-state index contributed by atoms with van der Waals surface area (Å²) in [5, 5.41) is 4.31. The van der Waals surface area contributed by atoms with E-state index in [1.165, 1.54) is 6.42 Å². The summed E-state index contributed by atoms with van der Waals surface area (Å²) in [6.45, 7) is 1.87. The largest absolute Gasteiger partial charge is 0.334 e. The van der Waals surface area contributed by atoms with Crippen molar-refractivity contribution in [2.24, 2.45) is 0 Å². The molecule has 0 saturated carbocycles. The van der Waals surface area contributed by atoms with Gasteiger partial charge in [-0.3, -0.25) is 4.79 Å². The Morgan fingerprint density at radius 2 is 2.10 bits per heavy atom. The topological polar surface area (TPSA) is 32.3 Å². The first-order chi connectivity index (χ1) is 9.68. The van der Waals surface area contributed by atoms with Crippen molar-refractivity contribution in [2.75, 3.05) is 13.1 Å². The van der Waals surface area contributed by atoms with Crippen molar-refractivity contribution in [2.45, 2.75) is 37.8 Å². The van der Waals surface area contributed by atoms with Gasteiger partial charge in [-0.25, -0.2) is 0 Å². The molecule has 2 fully saturated rings. The van der Waals surface area contributed by atoms with Crippen molar-refractivity contribution < 1.29 is 4.79 Å². The SMILES string of the molecule is O=C(c1cccc(Cl)c1Cl)N1CCCC1C1CCCN1. The Hall–Kier alpha value is -0.770. The second kappa shape index (κ2) is 5.92. The van der Waals surface area contributed by atoms with Gasteiger partial charge in [-0.2, -0.15) is 0 Å². The van der Waals surface area contributed by atoms with E-state index in [-0.39, 0.29) is 5.91 Å². The molecular formula is C15H18Cl2N2O. The van der Waals surface area contributed by atoms with Crippen molar-refractivity contribution in [3.8, 4) is 0 Å². The van der Waals surface area contributed by atoms with Crippen LogP contribution in [-0.4, -0.2) is 36.0 Å². The zero-order valence-electron chi connectivity index (χ0n) is 11.2. The number of hydrogen-bond acceptors (Lipinski definition) is 2. The lowest BCUT2D eigenvalue weighted by Crippen LogP contribution is -2.46. The van der Waals surface area contributed by atoms with Crippen LogP contribution in [0.1, 0.15) is 36.0 Å². The van der Waals surface area contributed by atoms with E-state index in [2.05, 4.69) is 5.32 Å². The van der Waals surface area contributed by atoms with Gasteiger partial charge in [-0.15, -0.1) is 0 Å². The minimum atomic E-state index is 0.00806. The van der Waals surface area contributed by atoms with Crippen LogP contribution < -0.4 is 5.32 Å². The maximum absolute atomic E-state index is 12.7. The van der Waals surface area contributed by atoms with Crippen LogP contribution in [0, 0.1) is 0 Å². The van der Waals surface area contributed by atoms with Gasteiger partial charge < -0.3 is 10.2 Å². The molecule has 2 saturated heterocycles. The summed E-state index contributed by atoms with van der Waals surface area (Å²) in [6, 6.07) is 5.97. The molecule has 108 valence electrons. The van der Waals surface area contributed by atoms with Gasteiger partial charge in [0.15, 0.2) is 0 Å². The Kier molecular flexibility index (Phi) is 4.20. The molecule has 3 rings (SSSR count). The molecule has 0 bridgehead atoms. The number of carbonyl (C=O) groups excluding carboxylic acids is 1. The van der Waals surface area contributed by atoms with E-state index < -0.39 is 0 Å². The Morgan fingerprint density at radius 3 is 2.85 bits per heavy atom. The van der Waals surface area contributed by atoms with Gasteiger partial charge in [0.1, 0.15) is 0 Å². The summed E-state index contributed by atoms with van der Waals surface area (Å²) < 4.78 is 0. The molecule has 1 N–H and O–H groups in total. The van der Waals surface area contributed by atoms with Gasteiger partial charge in [0.05, 0.1) is 15.6 Å². The van der Waals surface area contributed by atoms with E-state index in [9.17, 15) is 4.79 Å². The highest BCUT2D eigenvalue weighted by Gasteiger charge is 2.36. The van der Waals surface area contributed by atoms with Crippen LogP contribution in [0.2, 0.25) is 10.0 Å². The molecule has 0 aliphatic carbocycles. The van der Waals surface area contributed by atoms with E-state index in [1.54, 1.807) is 18.2 Å².